The second-order valence-corrected chi connectivity index (χ2v) is 11.7. The molecule has 0 saturated heterocycles. The topological polar surface area (TPSA) is 152 Å². The Morgan fingerprint density at radius 3 is 2.18 bits per heavy atom. The Labute approximate surface area is 270 Å². The van der Waals surface area contributed by atoms with Gasteiger partial charge in [-0.3, -0.25) is 9.59 Å². The minimum Gasteiger partial charge on any atom is -0.492 e. The molecule has 0 bridgehead atoms. The number of hydrogen-bond donors (Lipinski definition) is 0. The van der Waals surface area contributed by atoms with Gasteiger partial charge in [-0.05, 0) is 45.2 Å². The zero-order valence-electron chi connectivity index (χ0n) is 25.3. The SMILES string of the molecule is [C-]#[N+]/C(C#N)=C1\Sc2c(OCCCC(=O)OCC(C)OC(=O)C=C)cc(C)c(OCCCC(=O)OC(C)COC(=O)C=C)c2S1. The molecule has 1 aromatic rings. The fourth-order valence-corrected chi connectivity index (χ4v) is 6.12. The van der Waals surface area contributed by atoms with E-state index in [1.165, 1.54) is 23.5 Å². The minimum atomic E-state index is -0.612. The predicted octanol–water partition coefficient (Wildman–Crippen LogP) is 5.44. The number of rotatable bonds is 18. The summed E-state index contributed by atoms with van der Waals surface area (Å²) in [6.07, 6.45) is 1.69. The van der Waals surface area contributed by atoms with Crippen LogP contribution in [0.25, 0.3) is 4.85 Å². The van der Waals surface area contributed by atoms with Gasteiger partial charge >= 0.3 is 23.9 Å². The highest BCUT2D eigenvalue weighted by Gasteiger charge is 2.30. The summed E-state index contributed by atoms with van der Waals surface area (Å²) in [5.74, 6) is -1.08. The van der Waals surface area contributed by atoms with Gasteiger partial charge in [0.15, 0.2) is 0 Å². The lowest BCUT2D eigenvalue weighted by atomic mass is 10.2. The zero-order valence-corrected chi connectivity index (χ0v) is 26.9. The second kappa shape index (κ2) is 19.1. The van der Waals surface area contributed by atoms with Crippen molar-refractivity contribution in [1.82, 2.24) is 0 Å². The molecule has 1 aliphatic rings. The van der Waals surface area contributed by atoms with E-state index in [-0.39, 0.29) is 45.0 Å². The van der Waals surface area contributed by atoms with Crippen LogP contribution in [-0.4, -0.2) is 62.5 Å². The molecule has 0 aromatic heterocycles. The second-order valence-electron chi connectivity index (χ2n) is 9.42. The van der Waals surface area contributed by atoms with Crippen LogP contribution in [0.4, 0.5) is 0 Å². The number of nitrogens with zero attached hydrogens (tertiary/aromatic N) is 2. The van der Waals surface area contributed by atoms with Crippen LogP contribution < -0.4 is 9.47 Å². The van der Waals surface area contributed by atoms with E-state index in [2.05, 4.69) is 18.0 Å². The first-order valence-corrected chi connectivity index (χ1v) is 15.4. The summed E-state index contributed by atoms with van der Waals surface area (Å²) in [4.78, 5) is 51.3. The summed E-state index contributed by atoms with van der Waals surface area (Å²) >= 11 is 2.46. The van der Waals surface area contributed by atoms with Crippen molar-refractivity contribution in [2.75, 3.05) is 26.4 Å². The third kappa shape index (κ3) is 12.3. The molecule has 0 N–H and O–H groups in total. The Morgan fingerprint density at radius 2 is 1.53 bits per heavy atom. The number of aryl methyl sites for hydroxylation is 1. The summed E-state index contributed by atoms with van der Waals surface area (Å²) in [6, 6.07) is 3.69. The number of carbonyl (C=O) groups excluding carboxylic acids is 4. The van der Waals surface area contributed by atoms with Crippen LogP contribution in [0.2, 0.25) is 0 Å². The van der Waals surface area contributed by atoms with Crippen molar-refractivity contribution in [3.8, 4) is 17.6 Å². The van der Waals surface area contributed by atoms with Gasteiger partial charge in [-0.25, -0.2) is 19.7 Å². The molecule has 0 amide bonds. The Balaban J connectivity index is 1.98. The maximum absolute atomic E-state index is 12.2. The molecule has 0 aliphatic carbocycles. The van der Waals surface area contributed by atoms with Gasteiger partial charge in [0.25, 0.3) is 5.70 Å². The molecule has 1 aromatic carbocycles. The number of benzene rings is 1. The van der Waals surface area contributed by atoms with Gasteiger partial charge in [-0.2, -0.15) is 0 Å². The molecule has 240 valence electrons. The average Bonchev–Trinajstić information content (AvgIpc) is 3.45. The molecule has 1 heterocycles. The van der Waals surface area contributed by atoms with Gasteiger partial charge in [0.05, 0.1) is 39.9 Å². The van der Waals surface area contributed by atoms with Crippen molar-refractivity contribution in [3.05, 3.63) is 58.3 Å². The predicted molar refractivity (Wildman–Crippen MR) is 165 cm³/mol. The summed E-state index contributed by atoms with van der Waals surface area (Å²) in [5.41, 5.74) is 0.684. The van der Waals surface area contributed by atoms with E-state index in [4.69, 9.17) is 35.0 Å². The summed E-state index contributed by atoms with van der Waals surface area (Å²) in [7, 11) is 0. The highest BCUT2D eigenvalue weighted by atomic mass is 32.2. The van der Waals surface area contributed by atoms with E-state index in [1.807, 2.05) is 13.0 Å². The van der Waals surface area contributed by atoms with Gasteiger partial charge in [0.2, 0.25) is 0 Å². The molecule has 2 unspecified atom stereocenters. The monoisotopic (exact) mass is 658 g/mol. The normalized spacial score (nSPS) is 13.9. The van der Waals surface area contributed by atoms with Crippen LogP contribution in [-0.2, 0) is 38.1 Å². The maximum atomic E-state index is 12.2. The van der Waals surface area contributed by atoms with Crippen LogP contribution >= 0.6 is 23.5 Å². The van der Waals surface area contributed by atoms with Gasteiger partial charge in [-0.15, -0.1) is 0 Å². The Kier molecular flexibility index (Phi) is 15.6. The lowest BCUT2D eigenvalue weighted by Gasteiger charge is -2.17. The Morgan fingerprint density at radius 1 is 0.933 bits per heavy atom. The van der Waals surface area contributed by atoms with Crippen LogP contribution in [0.5, 0.6) is 11.5 Å². The van der Waals surface area contributed by atoms with Crippen molar-refractivity contribution in [2.45, 2.75) is 68.5 Å². The molecule has 45 heavy (non-hydrogen) atoms. The molecule has 2 rings (SSSR count). The van der Waals surface area contributed by atoms with E-state index >= 15 is 0 Å². The first-order valence-electron chi connectivity index (χ1n) is 13.8. The minimum absolute atomic E-state index is 0.0536. The van der Waals surface area contributed by atoms with E-state index in [9.17, 15) is 24.4 Å². The van der Waals surface area contributed by atoms with Gasteiger partial charge in [0.1, 0.15) is 36.9 Å². The first-order chi connectivity index (χ1) is 21.5. The summed E-state index contributed by atoms with van der Waals surface area (Å²) < 4.78 is 32.7. The van der Waals surface area contributed by atoms with E-state index < -0.39 is 36.1 Å². The van der Waals surface area contributed by atoms with E-state index in [0.29, 0.717) is 38.4 Å². The molecule has 2 atom stereocenters. The smallest absolute Gasteiger partial charge is 0.330 e. The molecule has 14 heteroatoms. The molecule has 0 fully saturated rings. The lowest BCUT2D eigenvalue weighted by molar-refractivity contribution is -0.155. The quantitative estimate of drug-likeness (QED) is 0.0492. The fourth-order valence-electron chi connectivity index (χ4n) is 3.54. The van der Waals surface area contributed by atoms with Gasteiger partial charge in [0, 0.05) is 25.0 Å². The van der Waals surface area contributed by atoms with Crippen LogP contribution in [0.1, 0.15) is 45.1 Å². The number of fused-ring (bicyclic) bond motifs is 1. The van der Waals surface area contributed by atoms with Crippen molar-refractivity contribution in [3.63, 3.8) is 0 Å². The third-order valence-corrected chi connectivity index (χ3v) is 8.21. The Bertz CT molecular complexity index is 1390. The van der Waals surface area contributed by atoms with Crippen molar-refractivity contribution in [2.24, 2.45) is 0 Å². The van der Waals surface area contributed by atoms with E-state index in [1.54, 1.807) is 19.9 Å². The van der Waals surface area contributed by atoms with E-state index in [0.717, 1.165) is 17.7 Å². The standard InChI is InChI=1S/C31H34N2O10S2/c1-7-24(34)40-17-21(5)43-27(37)12-10-14-39-28-19(3)15-23(29-30(28)45-31(44-29)22(16-32)33-6)38-13-9-11-26(36)41-18-20(4)42-25(35)8-2/h7-8,15,20-21H,1-2,9-14,17-18H2,3-5H3/b31-22+. The van der Waals surface area contributed by atoms with Gasteiger partial charge in [-0.1, -0.05) is 36.7 Å². The molecular weight excluding hydrogens is 624 g/mol. The molecule has 1 aliphatic heterocycles. The highest BCUT2D eigenvalue weighted by molar-refractivity contribution is 8.24. The largest absolute Gasteiger partial charge is 0.492 e. The van der Waals surface area contributed by atoms with Crippen molar-refractivity contribution >= 4 is 47.4 Å². The summed E-state index contributed by atoms with van der Waals surface area (Å²) in [6.45, 7) is 19.2. The lowest BCUT2D eigenvalue weighted by Crippen LogP contribution is -2.22. The van der Waals surface area contributed by atoms with Crippen molar-refractivity contribution < 1.29 is 47.6 Å². The number of carbonyl (C=O) groups is 4. The molecular formula is C31H34N2O10S2. The molecule has 0 saturated carbocycles. The zero-order chi connectivity index (χ0) is 33.4. The van der Waals surface area contributed by atoms with Crippen LogP contribution in [0, 0.1) is 24.8 Å². The number of ether oxygens (including phenoxy) is 6. The van der Waals surface area contributed by atoms with Crippen LogP contribution in [0.15, 0.2) is 51.1 Å². The van der Waals surface area contributed by atoms with Crippen molar-refractivity contribution in [1.29, 1.82) is 5.26 Å². The summed E-state index contributed by atoms with van der Waals surface area (Å²) in [5, 5.41) is 9.42. The molecule has 12 nitrogen and oxygen atoms in total. The number of nitriles is 1. The third-order valence-electron chi connectivity index (χ3n) is 5.62. The number of esters is 4. The fraction of sp³-hybridized carbons (Fsp3) is 0.419. The molecule has 0 spiro atoms. The van der Waals surface area contributed by atoms with Gasteiger partial charge < -0.3 is 28.4 Å². The Hall–Kier alpha value is -4.40. The first kappa shape index (κ1) is 36.8. The number of hydrogen-bond acceptors (Lipinski definition) is 13. The number of thioether (sulfide) groups is 2. The highest BCUT2D eigenvalue weighted by Crippen LogP contribution is 2.59. The average molecular weight is 659 g/mol. The molecule has 0 radical (unpaired) electrons. The maximum Gasteiger partial charge on any atom is 0.330 e. The van der Waals surface area contributed by atoms with Crippen LogP contribution in [0.3, 0.4) is 0 Å². The number of allylic oxidation sites excluding steroid dienone is 1.